The van der Waals surface area contributed by atoms with Crippen LogP contribution in [0, 0.1) is 6.92 Å². The maximum absolute atomic E-state index is 13.0. The molecule has 1 saturated heterocycles. The number of aryl methyl sites for hydroxylation is 1. The van der Waals surface area contributed by atoms with E-state index in [0.29, 0.717) is 26.7 Å². The first-order chi connectivity index (χ1) is 16.2. The van der Waals surface area contributed by atoms with Crippen LogP contribution >= 0.6 is 50.9 Å². The van der Waals surface area contributed by atoms with Gasteiger partial charge in [0.2, 0.25) is 0 Å². The zero-order chi connectivity index (χ0) is 24.4. The number of amides is 2. The number of carbonyl (C=O) groups excluding carboxylic acids is 3. The van der Waals surface area contributed by atoms with Crippen LogP contribution in [-0.4, -0.2) is 22.0 Å². The van der Waals surface area contributed by atoms with Gasteiger partial charge in [0.1, 0.15) is 5.75 Å². The Bertz CT molecular complexity index is 1320. The molecule has 172 valence electrons. The second kappa shape index (κ2) is 10.4. The van der Waals surface area contributed by atoms with Crippen molar-refractivity contribution in [1.29, 1.82) is 0 Å². The highest BCUT2D eigenvalue weighted by molar-refractivity contribution is 9.10. The van der Waals surface area contributed by atoms with Crippen LogP contribution in [0.25, 0.3) is 6.08 Å². The zero-order valence-corrected chi connectivity index (χ0v) is 21.6. The van der Waals surface area contributed by atoms with Gasteiger partial charge in [-0.2, -0.15) is 0 Å². The molecule has 0 N–H and O–H groups in total. The first-order valence-electron chi connectivity index (χ1n) is 9.99. The molecule has 4 rings (SSSR count). The van der Waals surface area contributed by atoms with Crippen molar-refractivity contribution in [2.24, 2.45) is 0 Å². The summed E-state index contributed by atoms with van der Waals surface area (Å²) < 4.78 is 6.31. The highest BCUT2D eigenvalue weighted by Crippen LogP contribution is 2.37. The molecule has 1 heterocycles. The zero-order valence-electron chi connectivity index (χ0n) is 17.7. The number of hydrogen-bond donors (Lipinski definition) is 0. The van der Waals surface area contributed by atoms with Crippen LogP contribution in [0.15, 0.2) is 70.0 Å². The first-order valence-corrected chi connectivity index (χ1v) is 12.4. The summed E-state index contributed by atoms with van der Waals surface area (Å²) in [7, 11) is 0. The van der Waals surface area contributed by atoms with Crippen LogP contribution < -0.4 is 4.74 Å². The molecule has 3 aromatic rings. The fraction of sp³-hybridized carbons (Fsp3) is 0.0800. The Labute approximate surface area is 218 Å². The lowest BCUT2D eigenvalue weighted by molar-refractivity contribution is -0.123. The van der Waals surface area contributed by atoms with Crippen LogP contribution in [0.4, 0.5) is 4.79 Å². The lowest BCUT2D eigenvalue weighted by atomic mass is 10.1. The molecule has 5 nitrogen and oxygen atoms in total. The molecule has 2 amide bonds. The van der Waals surface area contributed by atoms with E-state index in [0.717, 1.165) is 26.7 Å². The summed E-state index contributed by atoms with van der Waals surface area (Å²) in [6, 6.07) is 17.0. The van der Waals surface area contributed by atoms with Crippen molar-refractivity contribution in [3.05, 3.63) is 102 Å². The highest BCUT2D eigenvalue weighted by atomic mass is 79.9. The molecule has 0 aromatic heterocycles. The standard InChI is InChI=1S/C25H16BrCl2NO4S/c1-14-5-7-15(8-6-14)24(31)33-21-10-9-17(26)11-16(21)12-22-23(30)29(25(32)34-22)13-18-19(27)3-2-4-20(18)28/h2-12H,13H2,1H3/b22-12-. The molecular formula is C25H16BrCl2NO4S. The molecule has 0 atom stereocenters. The first kappa shape index (κ1) is 24.5. The van der Waals surface area contributed by atoms with Crippen molar-refractivity contribution in [3.8, 4) is 5.75 Å². The molecular weight excluding hydrogens is 561 g/mol. The van der Waals surface area contributed by atoms with Crippen molar-refractivity contribution in [2.45, 2.75) is 13.5 Å². The number of carbonyl (C=O) groups is 3. The Hall–Kier alpha value is -2.58. The summed E-state index contributed by atoms with van der Waals surface area (Å²) in [5.74, 6) is -0.755. The van der Waals surface area contributed by atoms with Crippen LogP contribution in [0.1, 0.15) is 27.0 Å². The van der Waals surface area contributed by atoms with Gasteiger partial charge in [-0.1, -0.05) is 62.9 Å². The Balaban J connectivity index is 1.60. The smallest absolute Gasteiger partial charge is 0.343 e. The summed E-state index contributed by atoms with van der Waals surface area (Å²) >= 11 is 16.6. The fourth-order valence-electron chi connectivity index (χ4n) is 3.19. The van der Waals surface area contributed by atoms with Crippen molar-refractivity contribution < 1.29 is 19.1 Å². The topological polar surface area (TPSA) is 63.7 Å². The largest absolute Gasteiger partial charge is 0.422 e. The van der Waals surface area contributed by atoms with Crippen molar-refractivity contribution in [3.63, 3.8) is 0 Å². The second-order valence-electron chi connectivity index (χ2n) is 7.41. The van der Waals surface area contributed by atoms with Gasteiger partial charge in [0.15, 0.2) is 0 Å². The molecule has 0 bridgehead atoms. The maximum Gasteiger partial charge on any atom is 0.343 e. The SMILES string of the molecule is Cc1ccc(C(=O)Oc2ccc(Br)cc2/C=C2\SC(=O)N(Cc3c(Cl)cccc3Cl)C2=O)cc1. The highest BCUT2D eigenvalue weighted by Gasteiger charge is 2.36. The normalized spacial score (nSPS) is 14.7. The number of benzene rings is 3. The lowest BCUT2D eigenvalue weighted by Gasteiger charge is -2.14. The predicted molar refractivity (Wildman–Crippen MR) is 138 cm³/mol. The monoisotopic (exact) mass is 575 g/mol. The number of esters is 1. The van der Waals surface area contributed by atoms with Gasteiger partial charge >= 0.3 is 5.97 Å². The minimum absolute atomic E-state index is 0.0474. The van der Waals surface area contributed by atoms with Crippen LogP contribution in [0.5, 0.6) is 5.75 Å². The minimum Gasteiger partial charge on any atom is -0.422 e. The number of hydrogen-bond acceptors (Lipinski definition) is 5. The summed E-state index contributed by atoms with van der Waals surface area (Å²) in [5.41, 5.74) is 2.38. The Morgan fingerprint density at radius 3 is 2.41 bits per heavy atom. The molecule has 0 radical (unpaired) electrons. The number of imide groups is 1. The molecule has 0 aliphatic carbocycles. The Kier molecular flexibility index (Phi) is 7.48. The van der Waals surface area contributed by atoms with Crippen molar-refractivity contribution in [1.82, 2.24) is 4.90 Å². The molecule has 1 aliphatic rings. The summed E-state index contributed by atoms with van der Waals surface area (Å²) in [6.07, 6.45) is 1.53. The van der Waals surface area contributed by atoms with Crippen molar-refractivity contribution in [2.75, 3.05) is 0 Å². The van der Waals surface area contributed by atoms with Gasteiger partial charge < -0.3 is 4.74 Å². The Morgan fingerprint density at radius 1 is 1.06 bits per heavy atom. The van der Waals surface area contributed by atoms with Gasteiger partial charge in [0.05, 0.1) is 17.0 Å². The van der Waals surface area contributed by atoms with Gasteiger partial charge in [-0.05, 0) is 67.2 Å². The van der Waals surface area contributed by atoms with E-state index in [4.69, 9.17) is 27.9 Å². The molecule has 3 aromatic carbocycles. The average Bonchev–Trinajstić information content (AvgIpc) is 3.05. The van der Waals surface area contributed by atoms with E-state index >= 15 is 0 Å². The average molecular weight is 577 g/mol. The quantitative estimate of drug-likeness (QED) is 0.178. The van der Waals surface area contributed by atoms with Crippen LogP contribution in [0.2, 0.25) is 10.0 Å². The number of rotatable bonds is 5. The third-order valence-corrected chi connectivity index (χ3v) is 7.11. The molecule has 1 fully saturated rings. The minimum atomic E-state index is -0.529. The van der Waals surface area contributed by atoms with E-state index in [1.165, 1.54) is 6.08 Å². The van der Waals surface area contributed by atoms with E-state index in [1.807, 2.05) is 19.1 Å². The van der Waals surface area contributed by atoms with E-state index in [2.05, 4.69) is 15.9 Å². The van der Waals surface area contributed by atoms with Crippen LogP contribution in [0.3, 0.4) is 0 Å². The number of ether oxygens (including phenoxy) is 1. The van der Waals surface area contributed by atoms with Gasteiger partial charge in [0, 0.05) is 25.6 Å². The van der Waals surface area contributed by atoms with E-state index in [-0.39, 0.29) is 17.2 Å². The van der Waals surface area contributed by atoms with Crippen LogP contribution in [-0.2, 0) is 11.3 Å². The van der Waals surface area contributed by atoms with Gasteiger partial charge in [0.25, 0.3) is 11.1 Å². The predicted octanol–water partition coefficient (Wildman–Crippen LogP) is 7.52. The van der Waals surface area contributed by atoms with E-state index in [1.54, 1.807) is 48.5 Å². The number of halogens is 3. The molecule has 34 heavy (non-hydrogen) atoms. The number of nitrogens with zero attached hydrogens (tertiary/aromatic N) is 1. The van der Waals surface area contributed by atoms with Gasteiger partial charge in [-0.25, -0.2) is 4.79 Å². The van der Waals surface area contributed by atoms with Gasteiger partial charge in [-0.3, -0.25) is 14.5 Å². The molecule has 1 aliphatic heterocycles. The third-order valence-electron chi connectivity index (χ3n) is 5.00. The summed E-state index contributed by atoms with van der Waals surface area (Å²) in [5, 5.41) is 0.293. The molecule has 0 unspecified atom stereocenters. The lowest BCUT2D eigenvalue weighted by Crippen LogP contribution is -2.27. The van der Waals surface area contributed by atoms with E-state index < -0.39 is 17.1 Å². The maximum atomic E-state index is 13.0. The van der Waals surface area contributed by atoms with Crippen molar-refractivity contribution >= 4 is 74.1 Å². The fourth-order valence-corrected chi connectivity index (χ4v) is 4.92. The summed E-state index contributed by atoms with van der Waals surface area (Å²) in [4.78, 5) is 39.5. The summed E-state index contributed by atoms with van der Waals surface area (Å²) in [6.45, 7) is 1.88. The molecule has 0 saturated carbocycles. The second-order valence-corrected chi connectivity index (χ2v) is 10.1. The third kappa shape index (κ3) is 5.39. The molecule has 0 spiro atoms. The molecule has 9 heteroatoms. The number of thioether (sulfide) groups is 1. The Morgan fingerprint density at radius 2 is 1.74 bits per heavy atom. The van der Waals surface area contributed by atoms with E-state index in [9.17, 15) is 14.4 Å². The van der Waals surface area contributed by atoms with Gasteiger partial charge in [-0.15, -0.1) is 0 Å².